The summed E-state index contributed by atoms with van der Waals surface area (Å²) in [5.41, 5.74) is 0. The quantitative estimate of drug-likeness (QED) is 0.637. The van der Waals surface area contributed by atoms with E-state index in [9.17, 15) is 4.79 Å². The van der Waals surface area contributed by atoms with Gasteiger partial charge < -0.3 is 5.32 Å². The molecule has 1 saturated heterocycles. The normalized spacial score (nSPS) is 40.2. The molecule has 3 nitrogen and oxygen atoms in total. The lowest BCUT2D eigenvalue weighted by Gasteiger charge is -2.26. The highest BCUT2D eigenvalue weighted by Gasteiger charge is 2.41. The van der Waals surface area contributed by atoms with Gasteiger partial charge in [0.15, 0.2) is 0 Å². The molecule has 0 aromatic carbocycles. The molecule has 3 heteroatoms. The highest BCUT2D eigenvalue weighted by molar-refractivity contribution is 5.79. The summed E-state index contributed by atoms with van der Waals surface area (Å²) in [6.45, 7) is 0.659. The molecule has 0 aromatic rings. The van der Waals surface area contributed by atoms with Crippen LogP contribution in [0.1, 0.15) is 32.1 Å². The Morgan fingerprint density at radius 3 is 2.69 bits per heavy atom. The molecule has 0 aromatic heterocycles. The molecule has 1 N–H and O–H groups in total. The first-order valence-electron chi connectivity index (χ1n) is 5.38. The van der Waals surface area contributed by atoms with Crippen molar-refractivity contribution in [3.8, 4) is 0 Å². The van der Waals surface area contributed by atoms with Crippen LogP contribution in [0.4, 0.5) is 0 Å². The minimum absolute atomic E-state index is 0.249. The summed E-state index contributed by atoms with van der Waals surface area (Å²) in [4.78, 5) is 13.9. The van der Waals surface area contributed by atoms with Crippen molar-refractivity contribution in [2.24, 2.45) is 0 Å². The van der Waals surface area contributed by atoms with Gasteiger partial charge in [-0.3, -0.25) is 9.69 Å². The molecule has 72 valence electrons. The van der Waals surface area contributed by atoms with E-state index in [4.69, 9.17) is 0 Å². The minimum Gasteiger partial charge on any atom is -0.352 e. The van der Waals surface area contributed by atoms with E-state index in [2.05, 4.69) is 10.2 Å². The lowest BCUT2D eigenvalue weighted by atomic mass is 10.2. The van der Waals surface area contributed by atoms with Gasteiger partial charge >= 0.3 is 0 Å². The van der Waals surface area contributed by atoms with E-state index in [0.29, 0.717) is 18.6 Å². The SMILES string of the molecule is O=C1CN(C2CC2)C2CCC(C2)N1. The first kappa shape index (κ1) is 7.80. The zero-order valence-electron chi connectivity index (χ0n) is 7.83. The Bertz CT molecular complexity index is 237. The van der Waals surface area contributed by atoms with Crippen LogP contribution in [0.2, 0.25) is 0 Å². The fraction of sp³-hybridized carbons (Fsp3) is 0.900. The lowest BCUT2D eigenvalue weighted by Crippen LogP contribution is -2.41. The fourth-order valence-electron chi connectivity index (χ4n) is 2.79. The number of carbonyl (C=O) groups excluding carboxylic acids is 1. The summed E-state index contributed by atoms with van der Waals surface area (Å²) in [5, 5.41) is 3.10. The third-order valence-corrected chi connectivity index (χ3v) is 3.58. The topological polar surface area (TPSA) is 32.3 Å². The summed E-state index contributed by atoms with van der Waals surface area (Å²) >= 11 is 0. The van der Waals surface area contributed by atoms with Crippen LogP contribution in [0.3, 0.4) is 0 Å². The molecule has 3 fully saturated rings. The second-order valence-corrected chi connectivity index (χ2v) is 4.63. The molecule has 3 aliphatic rings. The van der Waals surface area contributed by atoms with E-state index >= 15 is 0 Å². The summed E-state index contributed by atoms with van der Waals surface area (Å²) in [6.07, 6.45) is 6.31. The minimum atomic E-state index is 0.249. The molecule has 2 bridgehead atoms. The average molecular weight is 180 g/mol. The molecule has 1 amide bonds. The van der Waals surface area contributed by atoms with E-state index in [1.807, 2.05) is 0 Å². The van der Waals surface area contributed by atoms with Crippen LogP contribution in [0.5, 0.6) is 0 Å². The van der Waals surface area contributed by atoms with Gasteiger partial charge in [-0.05, 0) is 32.1 Å². The predicted octanol–water partition coefficient (Wildman–Crippen LogP) is 0.502. The standard InChI is InChI=1S/C10H16N2O/c13-10-6-12(8-3-4-8)9-2-1-7(5-9)11-10/h7-9H,1-6H2,(H,11,13). The van der Waals surface area contributed by atoms with Gasteiger partial charge in [0.25, 0.3) is 0 Å². The van der Waals surface area contributed by atoms with Crippen LogP contribution in [-0.4, -0.2) is 35.5 Å². The largest absolute Gasteiger partial charge is 0.352 e. The number of nitrogens with one attached hydrogen (secondary N) is 1. The number of nitrogens with zero attached hydrogens (tertiary/aromatic N) is 1. The maximum atomic E-state index is 11.5. The van der Waals surface area contributed by atoms with Crippen molar-refractivity contribution in [1.82, 2.24) is 10.2 Å². The van der Waals surface area contributed by atoms with Crippen LogP contribution in [0, 0.1) is 0 Å². The van der Waals surface area contributed by atoms with Crippen molar-refractivity contribution in [2.45, 2.75) is 50.2 Å². The molecule has 1 heterocycles. The molecule has 0 radical (unpaired) electrons. The molecule has 2 unspecified atom stereocenters. The van der Waals surface area contributed by atoms with Crippen molar-refractivity contribution in [3.05, 3.63) is 0 Å². The summed E-state index contributed by atoms with van der Waals surface area (Å²) in [5.74, 6) is 0.249. The maximum absolute atomic E-state index is 11.5. The molecule has 13 heavy (non-hydrogen) atoms. The van der Waals surface area contributed by atoms with Gasteiger partial charge in [0.2, 0.25) is 5.91 Å². The smallest absolute Gasteiger partial charge is 0.234 e. The number of rotatable bonds is 1. The molecule has 2 atom stereocenters. The number of hydrogen-bond donors (Lipinski definition) is 1. The van der Waals surface area contributed by atoms with Crippen LogP contribution in [0.15, 0.2) is 0 Å². The van der Waals surface area contributed by atoms with Crippen molar-refractivity contribution in [3.63, 3.8) is 0 Å². The van der Waals surface area contributed by atoms with E-state index in [-0.39, 0.29) is 5.91 Å². The molecule has 3 rings (SSSR count). The Morgan fingerprint density at radius 2 is 1.92 bits per heavy atom. The van der Waals surface area contributed by atoms with Gasteiger partial charge in [0.05, 0.1) is 6.54 Å². The van der Waals surface area contributed by atoms with Crippen LogP contribution < -0.4 is 5.32 Å². The highest BCUT2D eigenvalue weighted by atomic mass is 16.2. The summed E-state index contributed by atoms with van der Waals surface area (Å²) in [7, 11) is 0. The molecule has 0 spiro atoms. The zero-order valence-corrected chi connectivity index (χ0v) is 7.83. The highest BCUT2D eigenvalue weighted by Crippen LogP contribution is 2.35. The van der Waals surface area contributed by atoms with Crippen molar-refractivity contribution in [2.75, 3.05) is 6.54 Å². The van der Waals surface area contributed by atoms with E-state index < -0.39 is 0 Å². The van der Waals surface area contributed by atoms with Crippen LogP contribution in [0.25, 0.3) is 0 Å². The number of carbonyl (C=O) groups is 1. The first-order chi connectivity index (χ1) is 6.33. The Morgan fingerprint density at radius 1 is 1.15 bits per heavy atom. The Kier molecular flexibility index (Phi) is 1.62. The maximum Gasteiger partial charge on any atom is 0.234 e. The van der Waals surface area contributed by atoms with Crippen molar-refractivity contribution in [1.29, 1.82) is 0 Å². The second-order valence-electron chi connectivity index (χ2n) is 4.63. The lowest BCUT2D eigenvalue weighted by molar-refractivity contribution is -0.122. The monoisotopic (exact) mass is 180 g/mol. The van der Waals surface area contributed by atoms with Gasteiger partial charge in [-0.25, -0.2) is 0 Å². The van der Waals surface area contributed by atoms with Crippen molar-refractivity contribution < 1.29 is 4.79 Å². The summed E-state index contributed by atoms with van der Waals surface area (Å²) < 4.78 is 0. The van der Waals surface area contributed by atoms with Gasteiger partial charge in [-0.1, -0.05) is 0 Å². The zero-order chi connectivity index (χ0) is 8.84. The molecule has 2 saturated carbocycles. The van der Waals surface area contributed by atoms with Gasteiger partial charge in [-0.15, -0.1) is 0 Å². The summed E-state index contributed by atoms with van der Waals surface area (Å²) in [6, 6.07) is 1.94. The molecule has 2 aliphatic carbocycles. The van der Waals surface area contributed by atoms with E-state index in [0.717, 1.165) is 6.04 Å². The van der Waals surface area contributed by atoms with Crippen molar-refractivity contribution >= 4 is 5.91 Å². The van der Waals surface area contributed by atoms with Gasteiger partial charge in [0, 0.05) is 18.1 Å². The molecular formula is C10H16N2O. The van der Waals surface area contributed by atoms with E-state index in [1.165, 1.54) is 32.1 Å². The average Bonchev–Trinajstić information content (AvgIpc) is 2.82. The fourth-order valence-corrected chi connectivity index (χ4v) is 2.79. The number of hydrogen-bond acceptors (Lipinski definition) is 2. The van der Waals surface area contributed by atoms with Crippen LogP contribution >= 0.6 is 0 Å². The number of fused-ring (bicyclic) bond motifs is 2. The second kappa shape index (κ2) is 2.71. The Labute approximate surface area is 78.5 Å². The molecule has 1 aliphatic heterocycles. The third-order valence-electron chi connectivity index (χ3n) is 3.58. The Balaban J connectivity index is 1.80. The predicted molar refractivity (Wildman–Crippen MR) is 49.3 cm³/mol. The van der Waals surface area contributed by atoms with Gasteiger partial charge in [-0.2, -0.15) is 0 Å². The Hall–Kier alpha value is -0.570. The third kappa shape index (κ3) is 1.35. The first-order valence-corrected chi connectivity index (χ1v) is 5.38. The van der Waals surface area contributed by atoms with E-state index in [1.54, 1.807) is 0 Å². The number of amides is 1. The van der Waals surface area contributed by atoms with Crippen LogP contribution in [-0.2, 0) is 4.79 Å². The molecular weight excluding hydrogens is 164 g/mol. The van der Waals surface area contributed by atoms with Gasteiger partial charge in [0.1, 0.15) is 0 Å².